The average Bonchev–Trinajstić information content (AvgIpc) is 2.87. The Morgan fingerprint density at radius 3 is 2.70 bits per heavy atom. The van der Waals surface area contributed by atoms with Gasteiger partial charge in [-0.05, 0) is 23.5 Å². The Balaban J connectivity index is 2.21. The summed E-state index contributed by atoms with van der Waals surface area (Å²) in [4.78, 5) is 27.8. The van der Waals surface area contributed by atoms with Crippen molar-refractivity contribution in [1.82, 2.24) is 4.98 Å². The number of thiazole rings is 1. The molecule has 0 saturated carbocycles. The quantitative estimate of drug-likeness (QED) is 0.690. The van der Waals surface area contributed by atoms with Crippen LogP contribution in [0.25, 0.3) is 0 Å². The first kappa shape index (κ1) is 13.9. The number of benzene rings is 1. The van der Waals surface area contributed by atoms with Crippen molar-refractivity contribution in [2.24, 2.45) is 0 Å². The SMILES string of the molecule is CN(C)c1ccccc1C(=O)Nc1ncc([N+](=O)[O-])s1. The van der Waals surface area contributed by atoms with Crippen LogP contribution >= 0.6 is 11.3 Å². The van der Waals surface area contributed by atoms with Gasteiger partial charge in [0.25, 0.3) is 5.91 Å². The lowest BCUT2D eigenvalue weighted by atomic mass is 10.1. The molecule has 104 valence electrons. The Morgan fingerprint density at radius 2 is 2.10 bits per heavy atom. The summed E-state index contributed by atoms with van der Waals surface area (Å²) in [5.41, 5.74) is 1.24. The third kappa shape index (κ3) is 2.91. The number of nitrogens with zero attached hydrogens (tertiary/aromatic N) is 3. The third-order valence-electron chi connectivity index (χ3n) is 2.52. The molecule has 0 bridgehead atoms. The number of carbonyl (C=O) groups is 1. The van der Waals surface area contributed by atoms with E-state index in [1.165, 1.54) is 0 Å². The molecule has 0 spiro atoms. The van der Waals surface area contributed by atoms with E-state index in [1.807, 2.05) is 31.1 Å². The second-order valence-electron chi connectivity index (χ2n) is 4.13. The predicted molar refractivity (Wildman–Crippen MR) is 77.5 cm³/mol. The zero-order valence-electron chi connectivity index (χ0n) is 10.9. The van der Waals surface area contributed by atoms with Gasteiger partial charge in [0.15, 0.2) is 5.13 Å². The van der Waals surface area contributed by atoms with Crippen LogP contribution in [-0.2, 0) is 0 Å². The smallest absolute Gasteiger partial charge is 0.345 e. The molecule has 1 heterocycles. The molecule has 0 radical (unpaired) electrons. The number of hydrogen-bond donors (Lipinski definition) is 1. The number of anilines is 2. The van der Waals surface area contributed by atoms with Crippen molar-refractivity contribution >= 4 is 33.1 Å². The highest BCUT2D eigenvalue weighted by atomic mass is 32.1. The van der Waals surface area contributed by atoms with Crippen molar-refractivity contribution in [2.45, 2.75) is 0 Å². The minimum Gasteiger partial charge on any atom is -0.377 e. The molecule has 0 unspecified atom stereocenters. The van der Waals surface area contributed by atoms with Crippen LogP contribution in [0.15, 0.2) is 30.5 Å². The molecule has 0 aliphatic carbocycles. The normalized spacial score (nSPS) is 10.1. The van der Waals surface area contributed by atoms with Gasteiger partial charge in [0.05, 0.1) is 10.5 Å². The Labute approximate surface area is 119 Å². The van der Waals surface area contributed by atoms with Crippen LogP contribution in [0.4, 0.5) is 15.8 Å². The van der Waals surface area contributed by atoms with Gasteiger partial charge in [-0.3, -0.25) is 20.2 Å². The van der Waals surface area contributed by atoms with Crippen LogP contribution in [0.1, 0.15) is 10.4 Å². The molecule has 20 heavy (non-hydrogen) atoms. The fraction of sp³-hybridized carbons (Fsp3) is 0.167. The van der Waals surface area contributed by atoms with Gasteiger partial charge in [-0.25, -0.2) is 4.98 Å². The molecule has 0 saturated heterocycles. The van der Waals surface area contributed by atoms with Gasteiger partial charge in [0, 0.05) is 19.8 Å². The maximum Gasteiger partial charge on any atom is 0.345 e. The van der Waals surface area contributed by atoms with E-state index in [2.05, 4.69) is 10.3 Å². The molecule has 1 amide bonds. The minimum atomic E-state index is -0.541. The molecule has 2 rings (SSSR count). The molecule has 0 atom stereocenters. The monoisotopic (exact) mass is 292 g/mol. The van der Waals surface area contributed by atoms with Crippen LogP contribution in [-0.4, -0.2) is 29.9 Å². The lowest BCUT2D eigenvalue weighted by Gasteiger charge is -2.16. The summed E-state index contributed by atoms with van der Waals surface area (Å²) in [7, 11) is 3.67. The second kappa shape index (κ2) is 5.66. The first-order valence-electron chi connectivity index (χ1n) is 5.67. The predicted octanol–water partition coefficient (Wildman–Crippen LogP) is 2.37. The van der Waals surface area contributed by atoms with Gasteiger partial charge >= 0.3 is 5.00 Å². The third-order valence-corrected chi connectivity index (χ3v) is 3.39. The second-order valence-corrected chi connectivity index (χ2v) is 5.14. The number of nitrogens with one attached hydrogen (secondary N) is 1. The summed E-state index contributed by atoms with van der Waals surface area (Å²) in [5.74, 6) is -0.349. The van der Waals surface area contributed by atoms with Gasteiger partial charge in [-0.1, -0.05) is 12.1 Å². The topological polar surface area (TPSA) is 88.4 Å². The summed E-state index contributed by atoms with van der Waals surface area (Å²) >= 11 is 0.822. The van der Waals surface area contributed by atoms with Gasteiger partial charge in [-0.2, -0.15) is 0 Å². The lowest BCUT2D eigenvalue weighted by molar-refractivity contribution is -0.380. The molecular weight excluding hydrogens is 280 g/mol. The number of nitro groups is 1. The van der Waals surface area contributed by atoms with Gasteiger partial charge < -0.3 is 4.90 Å². The Morgan fingerprint density at radius 1 is 1.40 bits per heavy atom. The largest absolute Gasteiger partial charge is 0.377 e. The maximum absolute atomic E-state index is 12.2. The number of amides is 1. The van der Waals surface area contributed by atoms with E-state index in [0.29, 0.717) is 5.56 Å². The van der Waals surface area contributed by atoms with E-state index in [0.717, 1.165) is 23.2 Å². The van der Waals surface area contributed by atoms with Gasteiger partial charge in [-0.15, -0.1) is 0 Å². The van der Waals surface area contributed by atoms with E-state index < -0.39 is 4.92 Å². The highest BCUT2D eigenvalue weighted by Gasteiger charge is 2.16. The number of rotatable bonds is 4. The van der Waals surface area contributed by atoms with Crippen molar-refractivity contribution in [3.8, 4) is 0 Å². The van der Waals surface area contributed by atoms with Crippen LogP contribution in [0.5, 0.6) is 0 Å². The van der Waals surface area contributed by atoms with Gasteiger partial charge in [0.2, 0.25) is 0 Å². The molecule has 1 aromatic heterocycles. The molecule has 8 heteroatoms. The molecule has 1 aromatic carbocycles. The van der Waals surface area contributed by atoms with Crippen molar-refractivity contribution < 1.29 is 9.72 Å². The Bertz CT molecular complexity index is 654. The fourth-order valence-corrected chi connectivity index (χ4v) is 2.26. The van der Waals surface area contributed by atoms with Crippen molar-refractivity contribution in [3.05, 3.63) is 46.1 Å². The molecule has 1 N–H and O–H groups in total. The van der Waals surface area contributed by atoms with Crippen LogP contribution in [0.2, 0.25) is 0 Å². The highest BCUT2D eigenvalue weighted by Crippen LogP contribution is 2.26. The van der Waals surface area contributed by atoms with Crippen LogP contribution in [0.3, 0.4) is 0 Å². The van der Waals surface area contributed by atoms with Crippen molar-refractivity contribution in [2.75, 3.05) is 24.3 Å². The number of para-hydroxylation sites is 1. The minimum absolute atomic E-state index is 0.110. The summed E-state index contributed by atoms with van der Waals surface area (Å²) in [5, 5.41) is 13.2. The molecule has 0 aliphatic heterocycles. The maximum atomic E-state index is 12.2. The molecule has 0 fully saturated rings. The Hall–Kier alpha value is -2.48. The standard InChI is InChI=1S/C12H12N4O3S/c1-15(2)9-6-4-3-5-8(9)11(17)14-12-13-7-10(20-12)16(18)19/h3-7H,1-2H3,(H,13,14,17). The fourth-order valence-electron chi connectivity index (χ4n) is 1.63. The van der Waals surface area contributed by atoms with E-state index in [9.17, 15) is 14.9 Å². The molecule has 7 nitrogen and oxygen atoms in total. The summed E-state index contributed by atoms with van der Waals surface area (Å²) in [6.07, 6.45) is 1.12. The van der Waals surface area contributed by atoms with E-state index in [1.54, 1.807) is 12.1 Å². The molecular formula is C12H12N4O3S. The van der Waals surface area contributed by atoms with Crippen LogP contribution < -0.4 is 10.2 Å². The lowest BCUT2D eigenvalue weighted by Crippen LogP contribution is -2.18. The zero-order chi connectivity index (χ0) is 14.7. The average molecular weight is 292 g/mol. The van der Waals surface area contributed by atoms with Crippen molar-refractivity contribution in [1.29, 1.82) is 0 Å². The van der Waals surface area contributed by atoms with E-state index in [4.69, 9.17) is 0 Å². The summed E-state index contributed by atoms with van der Waals surface area (Å²) in [6, 6.07) is 7.10. The van der Waals surface area contributed by atoms with Crippen LogP contribution in [0, 0.1) is 10.1 Å². The number of aromatic nitrogens is 1. The number of hydrogen-bond acceptors (Lipinski definition) is 6. The van der Waals surface area contributed by atoms with Gasteiger partial charge in [0.1, 0.15) is 6.20 Å². The van der Waals surface area contributed by atoms with E-state index >= 15 is 0 Å². The first-order valence-corrected chi connectivity index (χ1v) is 6.48. The highest BCUT2D eigenvalue weighted by molar-refractivity contribution is 7.18. The first-order chi connectivity index (χ1) is 9.49. The molecule has 2 aromatic rings. The molecule has 0 aliphatic rings. The number of carbonyl (C=O) groups excluding carboxylic acids is 1. The van der Waals surface area contributed by atoms with E-state index in [-0.39, 0.29) is 16.0 Å². The van der Waals surface area contributed by atoms with Crippen molar-refractivity contribution in [3.63, 3.8) is 0 Å². The zero-order valence-corrected chi connectivity index (χ0v) is 11.7. The summed E-state index contributed by atoms with van der Waals surface area (Å²) < 4.78 is 0. The summed E-state index contributed by atoms with van der Waals surface area (Å²) in [6.45, 7) is 0. The Kier molecular flexibility index (Phi) is 3.94.